The molecule has 0 fully saturated rings. The summed E-state index contributed by atoms with van der Waals surface area (Å²) in [5.74, 6) is 0.136. The van der Waals surface area contributed by atoms with Crippen LogP contribution in [0.5, 0.6) is 5.75 Å². The quantitative estimate of drug-likeness (QED) is 0.649. The van der Waals surface area contributed by atoms with Crippen LogP contribution in [0.2, 0.25) is 0 Å². The van der Waals surface area contributed by atoms with Crippen molar-refractivity contribution in [1.82, 2.24) is 9.55 Å². The molecule has 1 aliphatic heterocycles. The van der Waals surface area contributed by atoms with Crippen LogP contribution in [0, 0.1) is 13.8 Å². The van der Waals surface area contributed by atoms with E-state index in [4.69, 9.17) is 4.74 Å². The highest BCUT2D eigenvalue weighted by Gasteiger charge is 2.23. The SMILES string of the molecule is Cc1sc2ncn(CC(=O)c3ccc4c(c3)N(C)C(=O)CO4)c(=O)c2c1C. The molecule has 3 heterocycles. The number of hydrogen-bond acceptors (Lipinski definition) is 6. The lowest BCUT2D eigenvalue weighted by Gasteiger charge is -2.26. The maximum absolute atomic E-state index is 12.8. The van der Waals surface area contributed by atoms with E-state index in [1.807, 2.05) is 13.8 Å². The zero-order valence-corrected chi connectivity index (χ0v) is 15.9. The molecule has 3 aromatic rings. The lowest BCUT2D eigenvalue weighted by molar-refractivity contribution is -0.120. The number of carbonyl (C=O) groups is 2. The number of amides is 1. The molecular formula is C19H17N3O4S. The molecule has 1 aromatic carbocycles. The molecular weight excluding hydrogens is 366 g/mol. The molecule has 8 heteroatoms. The van der Waals surface area contributed by atoms with Gasteiger partial charge in [0.05, 0.1) is 23.9 Å². The number of anilines is 1. The van der Waals surface area contributed by atoms with Crippen molar-refractivity contribution in [2.24, 2.45) is 0 Å². The topological polar surface area (TPSA) is 81.5 Å². The van der Waals surface area contributed by atoms with Gasteiger partial charge in [-0.2, -0.15) is 0 Å². The summed E-state index contributed by atoms with van der Waals surface area (Å²) in [6.07, 6.45) is 1.41. The first kappa shape index (κ1) is 17.4. The average Bonchev–Trinajstić information content (AvgIpc) is 2.95. The van der Waals surface area contributed by atoms with Gasteiger partial charge in [-0.25, -0.2) is 4.98 Å². The average molecular weight is 383 g/mol. The second-order valence-electron chi connectivity index (χ2n) is 6.49. The van der Waals surface area contributed by atoms with E-state index < -0.39 is 0 Å². The third-order valence-corrected chi connectivity index (χ3v) is 5.95. The molecule has 0 spiro atoms. The Kier molecular flexibility index (Phi) is 4.07. The fourth-order valence-electron chi connectivity index (χ4n) is 3.07. The van der Waals surface area contributed by atoms with Crippen molar-refractivity contribution in [2.75, 3.05) is 18.6 Å². The van der Waals surface area contributed by atoms with E-state index in [2.05, 4.69) is 4.98 Å². The number of Topliss-reactive ketones (excluding diaryl/α,β-unsaturated/α-hetero) is 1. The summed E-state index contributed by atoms with van der Waals surface area (Å²) in [4.78, 5) is 44.8. The number of benzene rings is 1. The molecule has 2 aromatic heterocycles. The summed E-state index contributed by atoms with van der Waals surface area (Å²) in [7, 11) is 1.64. The van der Waals surface area contributed by atoms with Gasteiger partial charge in [-0.05, 0) is 37.6 Å². The van der Waals surface area contributed by atoms with Gasteiger partial charge in [0.2, 0.25) is 0 Å². The summed E-state index contributed by atoms with van der Waals surface area (Å²) >= 11 is 1.47. The van der Waals surface area contributed by atoms with Crippen LogP contribution in [0.4, 0.5) is 5.69 Å². The van der Waals surface area contributed by atoms with Crippen molar-refractivity contribution in [3.8, 4) is 5.75 Å². The van der Waals surface area contributed by atoms with Crippen LogP contribution in [0.25, 0.3) is 10.2 Å². The Bertz CT molecular complexity index is 1160. The van der Waals surface area contributed by atoms with Gasteiger partial charge in [-0.3, -0.25) is 19.0 Å². The molecule has 0 saturated heterocycles. The third kappa shape index (κ3) is 2.82. The second-order valence-corrected chi connectivity index (χ2v) is 7.69. The summed E-state index contributed by atoms with van der Waals surface area (Å²) in [5.41, 5.74) is 1.63. The number of hydrogen-bond donors (Lipinski definition) is 0. The van der Waals surface area contributed by atoms with Gasteiger partial charge >= 0.3 is 0 Å². The van der Waals surface area contributed by atoms with Crippen LogP contribution >= 0.6 is 11.3 Å². The number of aromatic nitrogens is 2. The zero-order valence-electron chi connectivity index (χ0n) is 15.1. The number of ether oxygens (including phenoxy) is 1. The highest BCUT2D eigenvalue weighted by molar-refractivity contribution is 7.18. The van der Waals surface area contributed by atoms with Crippen molar-refractivity contribution >= 4 is 38.9 Å². The molecule has 0 unspecified atom stereocenters. The minimum Gasteiger partial charge on any atom is -0.482 e. The molecule has 0 N–H and O–H groups in total. The fourth-order valence-corrected chi connectivity index (χ4v) is 4.06. The smallest absolute Gasteiger partial charge is 0.264 e. The lowest BCUT2D eigenvalue weighted by atomic mass is 10.1. The van der Waals surface area contributed by atoms with Gasteiger partial charge in [0.15, 0.2) is 12.4 Å². The highest BCUT2D eigenvalue weighted by atomic mass is 32.1. The van der Waals surface area contributed by atoms with E-state index in [-0.39, 0.29) is 30.4 Å². The Morgan fingerprint density at radius 2 is 2.07 bits per heavy atom. The standard InChI is InChI=1S/C19H17N3O4S/c1-10-11(2)27-18-17(10)19(25)22(9-20-18)7-14(23)12-4-5-15-13(6-12)21(3)16(24)8-26-15/h4-6,9H,7-8H2,1-3H3. The molecule has 0 atom stereocenters. The van der Waals surface area contributed by atoms with Crippen LogP contribution in [-0.4, -0.2) is 34.9 Å². The molecule has 1 amide bonds. The zero-order chi connectivity index (χ0) is 19.3. The van der Waals surface area contributed by atoms with Crippen molar-refractivity contribution in [1.29, 1.82) is 0 Å². The number of aryl methyl sites for hydroxylation is 2. The number of rotatable bonds is 3. The predicted octanol–water partition coefficient (Wildman–Crippen LogP) is 2.31. The molecule has 0 aliphatic carbocycles. The van der Waals surface area contributed by atoms with Crippen LogP contribution < -0.4 is 15.2 Å². The van der Waals surface area contributed by atoms with E-state index in [9.17, 15) is 14.4 Å². The Hall–Kier alpha value is -3.00. The van der Waals surface area contributed by atoms with Crippen molar-refractivity contribution in [2.45, 2.75) is 20.4 Å². The molecule has 4 rings (SSSR count). The number of ketones is 1. The predicted molar refractivity (Wildman–Crippen MR) is 103 cm³/mol. The summed E-state index contributed by atoms with van der Waals surface area (Å²) in [5, 5.41) is 0.567. The first-order valence-corrected chi connectivity index (χ1v) is 9.20. The van der Waals surface area contributed by atoms with E-state index >= 15 is 0 Å². The number of nitrogens with zero attached hydrogens (tertiary/aromatic N) is 3. The normalized spacial score (nSPS) is 13.6. The van der Waals surface area contributed by atoms with Gasteiger partial charge in [-0.1, -0.05) is 0 Å². The van der Waals surface area contributed by atoms with Crippen LogP contribution in [0.15, 0.2) is 29.3 Å². The van der Waals surface area contributed by atoms with Crippen LogP contribution in [-0.2, 0) is 11.3 Å². The molecule has 0 bridgehead atoms. The van der Waals surface area contributed by atoms with Gasteiger partial charge in [0.25, 0.3) is 11.5 Å². The maximum atomic E-state index is 12.8. The van der Waals surface area contributed by atoms with Crippen LogP contribution in [0.3, 0.4) is 0 Å². The molecule has 0 saturated carbocycles. The van der Waals surface area contributed by atoms with Gasteiger partial charge in [0, 0.05) is 17.5 Å². The van der Waals surface area contributed by atoms with E-state index in [0.29, 0.717) is 27.2 Å². The molecule has 27 heavy (non-hydrogen) atoms. The van der Waals surface area contributed by atoms with Crippen LogP contribution in [0.1, 0.15) is 20.8 Å². The van der Waals surface area contributed by atoms with Crippen molar-refractivity contribution in [3.63, 3.8) is 0 Å². The summed E-state index contributed by atoms with van der Waals surface area (Å²) < 4.78 is 6.70. The molecule has 0 radical (unpaired) electrons. The third-order valence-electron chi connectivity index (χ3n) is 4.84. The molecule has 1 aliphatic rings. The van der Waals surface area contributed by atoms with E-state index in [1.165, 1.54) is 27.1 Å². The minimum atomic E-state index is -0.239. The van der Waals surface area contributed by atoms with Gasteiger partial charge in [0.1, 0.15) is 10.6 Å². The number of carbonyl (C=O) groups excluding carboxylic acids is 2. The number of thiophene rings is 1. The largest absolute Gasteiger partial charge is 0.482 e. The highest BCUT2D eigenvalue weighted by Crippen LogP contribution is 2.32. The van der Waals surface area contributed by atoms with Gasteiger partial charge < -0.3 is 9.64 Å². The summed E-state index contributed by atoms with van der Waals surface area (Å²) in [6, 6.07) is 4.93. The van der Waals surface area contributed by atoms with Crippen molar-refractivity contribution in [3.05, 3.63) is 50.9 Å². The Labute approximate surface area is 158 Å². The van der Waals surface area contributed by atoms with Crippen molar-refractivity contribution < 1.29 is 14.3 Å². The molecule has 138 valence electrons. The molecule has 7 nitrogen and oxygen atoms in total. The van der Waals surface area contributed by atoms with E-state index in [0.717, 1.165) is 10.4 Å². The minimum absolute atomic E-state index is 0.0166. The maximum Gasteiger partial charge on any atom is 0.264 e. The monoisotopic (exact) mass is 383 g/mol. The first-order chi connectivity index (χ1) is 12.9. The number of fused-ring (bicyclic) bond motifs is 2. The Morgan fingerprint density at radius 3 is 2.85 bits per heavy atom. The van der Waals surface area contributed by atoms with E-state index in [1.54, 1.807) is 25.2 Å². The Balaban J connectivity index is 1.68. The second kappa shape index (κ2) is 6.31. The fraction of sp³-hybridized carbons (Fsp3) is 0.263. The number of likely N-dealkylation sites (N-methyl/N-ethyl adjacent to an activating group) is 1. The van der Waals surface area contributed by atoms with Gasteiger partial charge in [-0.15, -0.1) is 11.3 Å². The Morgan fingerprint density at radius 1 is 1.30 bits per heavy atom. The first-order valence-electron chi connectivity index (χ1n) is 8.38. The lowest BCUT2D eigenvalue weighted by Crippen LogP contribution is -2.35. The summed E-state index contributed by atoms with van der Waals surface area (Å²) in [6.45, 7) is 3.70.